The SMILES string of the molecule is O=[N+]([O-])/C=C/c1ccccc1Sc1ccc(Cl)cc1. The van der Waals surface area contributed by atoms with Crippen LogP contribution in [0, 0.1) is 10.1 Å². The Morgan fingerprint density at radius 1 is 1.11 bits per heavy atom. The van der Waals surface area contributed by atoms with Gasteiger partial charge in [-0.05, 0) is 35.9 Å². The molecule has 0 unspecified atom stereocenters. The molecule has 0 atom stereocenters. The summed E-state index contributed by atoms with van der Waals surface area (Å²) in [5.74, 6) is 0. The van der Waals surface area contributed by atoms with Gasteiger partial charge in [0.2, 0.25) is 6.20 Å². The fourth-order valence-corrected chi connectivity index (χ4v) is 2.53. The Balaban J connectivity index is 2.24. The highest BCUT2D eigenvalue weighted by atomic mass is 35.5. The van der Waals surface area contributed by atoms with Crippen molar-refractivity contribution >= 4 is 29.4 Å². The van der Waals surface area contributed by atoms with E-state index in [0.717, 1.165) is 21.6 Å². The zero-order valence-corrected chi connectivity index (χ0v) is 11.4. The molecule has 0 aliphatic rings. The van der Waals surface area contributed by atoms with Crippen molar-refractivity contribution in [2.45, 2.75) is 9.79 Å². The molecule has 0 aliphatic heterocycles. The van der Waals surface area contributed by atoms with Gasteiger partial charge in [-0.2, -0.15) is 0 Å². The van der Waals surface area contributed by atoms with Crippen LogP contribution >= 0.6 is 23.4 Å². The molecule has 3 nitrogen and oxygen atoms in total. The summed E-state index contributed by atoms with van der Waals surface area (Å²) < 4.78 is 0. The molecule has 0 bridgehead atoms. The van der Waals surface area contributed by atoms with Crippen molar-refractivity contribution in [3.05, 3.63) is 75.4 Å². The van der Waals surface area contributed by atoms with E-state index < -0.39 is 4.92 Å². The van der Waals surface area contributed by atoms with E-state index in [1.165, 1.54) is 6.08 Å². The number of benzene rings is 2. The third kappa shape index (κ3) is 4.12. The molecular weight excluding hydrogens is 282 g/mol. The summed E-state index contributed by atoms with van der Waals surface area (Å²) in [6.45, 7) is 0. The predicted molar refractivity (Wildman–Crippen MR) is 78.0 cm³/mol. The van der Waals surface area contributed by atoms with E-state index in [-0.39, 0.29) is 0 Å². The lowest BCUT2D eigenvalue weighted by Crippen LogP contribution is -1.84. The van der Waals surface area contributed by atoms with Crippen LogP contribution in [0.4, 0.5) is 0 Å². The van der Waals surface area contributed by atoms with Gasteiger partial charge < -0.3 is 0 Å². The molecule has 2 rings (SSSR count). The second-order valence-corrected chi connectivity index (χ2v) is 5.25. The fourth-order valence-electron chi connectivity index (χ4n) is 1.48. The molecule has 19 heavy (non-hydrogen) atoms. The van der Waals surface area contributed by atoms with E-state index in [0.29, 0.717) is 5.02 Å². The van der Waals surface area contributed by atoms with E-state index in [2.05, 4.69) is 0 Å². The van der Waals surface area contributed by atoms with Gasteiger partial charge in [-0.3, -0.25) is 10.1 Å². The Labute approximate surface area is 120 Å². The number of nitro groups is 1. The van der Waals surface area contributed by atoms with Crippen molar-refractivity contribution in [3.63, 3.8) is 0 Å². The molecule has 0 spiro atoms. The lowest BCUT2D eigenvalue weighted by Gasteiger charge is -2.05. The van der Waals surface area contributed by atoms with Crippen LogP contribution in [0.1, 0.15) is 5.56 Å². The smallest absolute Gasteiger partial charge is 0.235 e. The molecule has 0 saturated heterocycles. The molecule has 0 fully saturated rings. The van der Waals surface area contributed by atoms with Crippen LogP contribution in [0.15, 0.2) is 64.5 Å². The van der Waals surface area contributed by atoms with Crippen molar-refractivity contribution in [3.8, 4) is 0 Å². The van der Waals surface area contributed by atoms with Gasteiger partial charge >= 0.3 is 0 Å². The molecule has 2 aromatic rings. The summed E-state index contributed by atoms with van der Waals surface area (Å²) in [6, 6.07) is 15.0. The monoisotopic (exact) mass is 291 g/mol. The molecule has 0 saturated carbocycles. The first kappa shape index (κ1) is 13.6. The zero-order valence-electron chi connectivity index (χ0n) is 9.82. The minimum absolute atomic E-state index is 0.469. The standard InChI is InChI=1S/C14H10ClNO2S/c15-12-5-7-13(8-6-12)19-14-4-2-1-3-11(14)9-10-16(17)18/h1-10H/b10-9+. The largest absolute Gasteiger partial charge is 0.259 e. The van der Waals surface area contributed by atoms with Crippen molar-refractivity contribution in [2.75, 3.05) is 0 Å². The van der Waals surface area contributed by atoms with Gasteiger partial charge in [0.1, 0.15) is 0 Å². The van der Waals surface area contributed by atoms with Crippen molar-refractivity contribution in [1.82, 2.24) is 0 Å². The summed E-state index contributed by atoms with van der Waals surface area (Å²) in [4.78, 5) is 11.9. The summed E-state index contributed by atoms with van der Waals surface area (Å²) in [6.07, 6.45) is 2.44. The van der Waals surface area contributed by atoms with Crippen LogP contribution in [-0.2, 0) is 0 Å². The van der Waals surface area contributed by atoms with Crippen LogP contribution < -0.4 is 0 Å². The van der Waals surface area contributed by atoms with Crippen LogP contribution in [0.3, 0.4) is 0 Å². The fraction of sp³-hybridized carbons (Fsp3) is 0. The minimum atomic E-state index is -0.469. The lowest BCUT2D eigenvalue weighted by molar-refractivity contribution is -0.400. The zero-order chi connectivity index (χ0) is 13.7. The Kier molecular flexibility index (Phi) is 4.60. The highest BCUT2D eigenvalue weighted by molar-refractivity contribution is 7.99. The number of hydrogen-bond donors (Lipinski definition) is 0. The van der Waals surface area contributed by atoms with E-state index in [9.17, 15) is 10.1 Å². The Morgan fingerprint density at radius 3 is 2.47 bits per heavy atom. The summed E-state index contributed by atoms with van der Waals surface area (Å²) in [7, 11) is 0. The van der Waals surface area contributed by atoms with Gasteiger partial charge in [-0.15, -0.1) is 0 Å². The third-order valence-corrected chi connectivity index (χ3v) is 3.69. The molecule has 0 amide bonds. The number of nitrogens with zero attached hydrogens (tertiary/aromatic N) is 1. The van der Waals surface area contributed by atoms with E-state index in [4.69, 9.17) is 11.6 Å². The highest BCUT2D eigenvalue weighted by Gasteiger charge is 2.03. The normalized spacial score (nSPS) is 10.8. The quantitative estimate of drug-likeness (QED) is 0.603. The van der Waals surface area contributed by atoms with Gasteiger partial charge in [0.25, 0.3) is 0 Å². The second kappa shape index (κ2) is 6.41. The molecule has 0 N–H and O–H groups in total. The van der Waals surface area contributed by atoms with Crippen LogP contribution in [0.2, 0.25) is 5.02 Å². The number of hydrogen-bond acceptors (Lipinski definition) is 3. The van der Waals surface area contributed by atoms with Crippen molar-refractivity contribution < 1.29 is 4.92 Å². The van der Waals surface area contributed by atoms with Crippen LogP contribution in [0.25, 0.3) is 6.08 Å². The molecule has 0 heterocycles. The number of rotatable bonds is 4. The van der Waals surface area contributed by atoms with Gasteiger partial charge in [-0.25, -0.2) is 0 Å². The Hall–Kier alpha value is -1.78. The minimum Gasteiger partial charge on any atom is -0.259 e. The van der Waals surface area contributed by atoms with Gasteiger partial charge in [0.05, 0.1) is 4.92 Å². The first-order valence-corrected chi connectivity index (χ1v) is 6.69. The van der Waals surface area contributed by atoms with Gasteiger partial charge in [0, 0.05) is 20.9 Å². The lowest BCUT2D eigenvalue weighted by atomic mass is 10.2. The molecule has 0 aliphatic carbocycles. The van der Waals surface area contributed by atoms with Gasteiger partial charge in [0.15, 0.2) is 0 Å². The van der Waals surface area contributed by atoms with Crippen LogP contribution in [-0.4, -0.2) is 4.92 Å². The first-order valence-electron chi connectivity index (χ1n) is 5.49. The summed E-state index contributed by atoms with van der Waals surface area (Å²) in [5, 5.41) is 11.1. The molecule has 0 radical (unpaired) electrons. The second-order valence-electron chi connectivity index (χ2n) is 3.69. The maximum absolute atomic E-state index is 10.4. The Bertz CT molecular complexity index is 611. The molecular formula is C14H10ClNO2S. The predicted octanol–water partition coefficient (Wildman–Crippen LogP) is 4.74. The maximum atomic E-state index is 10.4. The third-order valence-electron chi connectivity index (χ3n) is 2.34. The molecule has 2 aromatic carbocycles. The number of halogens is 1. The average molecular weight is 292 g/mol. The molecule has 5 heteroatoms. The maximum Gasteiger partial charge on any atom is 0.235 e. The summed E-state index contributed by atoms with van der Waals surface area (Å²) in [5.41, 5.74) is 0.819. The van der Waals surface area contributed by atoms with Gasteiger partial charge in [-0.1, -0.05) is 41.6 Å². The van der Waals surface area contributed by atoms with Crippen LogP contribution in [0.5, 0.6) is 0 Å². The van der Waals surface area contributed by atoms with E-state index >= 15 is 0 Å². The van der Waals surface area contributed by atoms with Crippen molar-refractivity contribution in [1.29, 1.82) is 0 Å². The summed E-state index contributed by atoms with van der Waals surface area (Å²) >= 11 is 7.38. The molecule has 96 valence electrons. The Morgan fingerprint density at radius 2 is 1.79 bits per heavy atom. The first-order chi connectivity index (χ1) is 9.15. The highest BCUT2D eigenvalue weighted by Crippen LogP contribution is 2.31. The van der Waals surface area contributed by atoms with E-state index in [1.807, 2.05) is 48.5 Å². The van der Waals surface area contributed by atoms with E-state index in [1.54, 1.807) is 11.8 Å². The van der Waals surface area contributed by atoms with Crippen molar-refractivity contribution in [2.24, 2.45) is 0 Å². The topological polar surface area (TPSA) is 43.1 Å². The molecule has 0 aromatic heterocycles. The average Bonchev–Trinajstić information content (AvgIpc) is 2.40.